The second kappa shape index (κ2) is 8.84. The van der Waals surface area contributed by atoms with Crippen molar-refractivity contribution in [3.63, 3.8) is 0 Å². The maximum atomic E-state index is 12.5. The maximum Gasteiger partial charge on any atom is 0.220 e. The number of thiophene rings is 1. The summed E-state index contributed by atoms with van der Waals surface area (Å²) in [4.78, 5) is 22.4. The molecule has 2 aromatic carbocycles. The molecule has 5 nitrogen and oxygen atoms in total. The molecule has 0 aliphatic rings. The highest BCUT2D eigenvalue weighted by atomic mass is 32.1. The number of hydrogen-bond donors (Lipinski definition) is 1. The first-order valence-electron chi connectivity index (χ1n) is 9.41. The molecule has 0 atom stereocenters. The molecular weight excluding hydrogens is 382 g/mol. The molecule has 4 aromatic rings. The summed E-state index contributed by atoms with van der Waals surface area (Å²) in [5.74, 6) is 0.785. The summed E-state index contributed by atoms with van der Waals surface area (Å²) >= 11 is 1.61. The SMILES string of the molecule is COc1ccc2ccccc2c1CCC(=O)NCc1nccnc1-c1cccs1. The van der Waals surface area contributed by atoms with Gasteiger partial charge in [0.25, 0.3) is 0 Å². The molecule has 0 bridgehead atoms. The summed E-state index contributed by atoms with van der Waals surface area (Å²) in [5, 5.41) is 7.24. The van der Waals surface area contributed by atoms with Gasteiger partial charge < -0.3 is 10.1 Å². The lowest BCUT2D eigenvalue weighted by Crippen LogP contribution is -2.24. The number of nitrogens with zero attached hydrogens (tertiary/aromatic N) is 2. The monoisotopic (exact) mass is 403 g/mol. The Balaban J connectivity index is 1.44. The molecule has 29 heavy (non-hydrogen) atoms. The van der Waals surface area contributed by atoms with Gasteiger partial charge in [-0.2, -0.15) is 0 Å². The van der Waals surface area contributed by atoms with Crippen LogP contribution in [-0.2, 0) is 17.8 Å². The Morgan fingerprint density at radius 2 is 1.93 bits per heavy atom. The first-order valence-corrected chi connectivity index (χ1v) is 10.3. The highest BCUT2D eigenvalue weighted by Gasteiger charge is 2.13. The first kappa shape index (κ1) is 19.1. The number of benzene rings is 2. The molecule has 1 amide bonds. The van der Waals surface area contributed by atoms with Crippen LogP contribution in [0.3, 0.4) is 0 Å². The number of aryl methyl sites for hydroxylation is 1. The minimum Gasteiger partial charge on any atom is -0.496 e. The van der Waals surface area contributed by atoms with E-state index in [1.54, 1.807) is 30.8 Å². The number of methoxy groups -OCH3 is 1. The fourth-order valence-electron chi connectivity index (χ4n) is 3.39. The molecule has 0 saturated carbocycles. The lowest BCUT2D eigenvalue weighted by molar-refractivity contribution is -0.121. The molecule has 0 saturated heterocycles. The molecule has 4 rings (SSSR count). The summed E-state index contributed by atoms with van der Waals surface area (Å²) in [6.07, 6.45) is 4.31. The Morgan fingerprint density at radius 1 is 1.07 bits per heavy atom. The topological polar surface area (TPSA) is 64.1 Å². The van der Waals surface area contributed by atoms with E-state index in [1.807, 2.05) is 41.8 Å². The lowest BCUT2D eigenvalue weighted by Gasteiger charge is -2.12. The van der Waals surface area contributed by atoms with Crippen LogP contribution in [0, 0.1) is 0 Å². The Labute approximate surface area is 173 Å². The van der Waals surface area contributed by atoms with Crippen LogP contribution in [-0.4, -0.2) is 23.0 Å². The Bertz CT molecular complexity index is 1130. The van der Waals surface area contributed by atoms with Gasteiger partial charge in [0.1, 0.15) is 11.4 Å². The van der Waals surface area contributed by atoms with Crippen LogP contribution in [0.2, 0.25) is 0 Å². The van der Waals surface area contributed by atoms with Crippen molar-refractivity contribution < 1.29 is 9.53 Å². The third-order valence-electron chi connectivity index (χ3n) is 4.80. The number of rotatable bonds is 7. The lowest BCUT2D eigenvalue weighted by atomic mass is 9.99. The van der Waals surface area contributed by atoms with Gasteiger partial charge in [-0.25, -0.2) is 0 Å². The van der Waals surface area contributed by atoms with Crippen molar-refractivity contribution in [2.24, 2.45) is 0 Å². The van der Waals surface area contributed by atoms with Crippen LogP contribution in [0.15, 0.2) is 66.3 Å². The van der Waals surface area contributed by atoms with E-state index in [-0.39, 0.29) is 5.91 Å². The number of fused-ring (bicyclic) bond motifs is 1. The van der Waals surface area contributed by atoms with Crippen LogP contribution in [0.5, 0.6) is 5.75 Å². The normalized spacial score (nSPS) is 10.8. The van der Waals surface area contributed by atoms with Crippen molar-refractivity contribution in [2.75, 3.05) is 7.11 Å². The Kier molecular flexibility index (Phi) is 5.81. The van der Waals surface area contributed by atoms with E-state index in [1.165, 1.54) is 0 Å². The number of amides is 1. The van der Waals surface area contributed by atoms with Gasteiger partial charge in [0, 0.05) is 24.4 Å². The fourth-order valence-corrected chi connectivity index (χ4v) is 4.13. The van der Waals surface area contributed by atoms with Gasteiger partial charge in [-0.3, -0.25) is 14.8 Å². The zero-order valence-corrected chi connectivity index (χ0v) is 16.9. The zero-order chi connectivity index (χ0) is 20.1. The fraction of sp³-hybridized carbons (Fsp3) is 0.174. The van der Waals surface area contributed by atoms with Crippen LogP contribution in [0.1, 0.15) is 17.7 Å². The second-order valence-electron chi connectivity index (χ2n) is 6.57. The third kappa shape index (κ3) is 4.27. The molecule has 6 heteroatoms. The Morgan fingerprint density at radius 3 is 2.76 bits per heavy atom. The van der Waals surface area contributed by atoms with Crippen LogP contribution in [0.4, 0.5) is 0 Å². The van der Waals surface area contributed by atoms with Gasteiger partial charge in [-0.1, -0.05) is 36.4 Å². The summed E-state index contributed by atoms with van der Waals surface area (Å²) in [5.41, 5.74) is 2.64. The third-order valence-corrected chi connectivity index (χ3v) is 5.68. The molecule has 0 unspecified atom stereocenters. The van der Waals surface area contributed by atoms with E-state index in [2.05, 4.69) is 27.4 Å². The largest absolute Gasteiger partial charge is 0.496 e. The number of carbonyl (C=O) groups is 1. The van der Waals surface area contributed by atoms with Gasteiger partial charge in [-0.15, -0.1) is 11.3 Å². The van der Waals surface area contributed by atoms with E-state index in [9.17, 15) is 4.79 Å². The first-order chi connectivity index (χ1) is 14.3. The standard InChI is InChI=1S/C23H21N3O2S/c1-28-20-10-8-16-5-2-3-6-17(16)18(20)9-11-22(27)26-15-19-23(25-13-12-24-19)21-7-4-14-29-21/h2-8,10,12-14H,9,11,15H2,1H3,(H,26,27). The predicted octanol–water partition coefficient (Wildman–Crippen LogP) is 4.62. The van der Waals surface area contributed by atoms with Crippen molar-refractivity contribution in [2.45, 2.75) is 19.4 Å². The number of nitrogens with one attached hydrogen (secondary N) is 1. The smallest absolute Gasteiger partial charge is 0.220 e. The average molecular weight is 404 g/mol. The summed E-state index contributed by atoms with van der Waals surface area (Å²) in [6, 6.07) is 16.1. The number of hydrogen-bond acceptors (Lipinski definition) is 5. The van der Waals surface area contributed by atoms with E-state index in [4.69, 9.17) is 4.74 Å². The van der Waals surface area contributed by atoms with Crippen molar-refractivity contribution in [3.8, 4) is 16.3 Å². The summed E-state index contributed by atoms with van der Waals surface area (Å²) < 4.78 is 5.52. The number of carbonyl (C=O) groups excluding carboxylic acids is 1. The minimum absolute atomic E-state index is 0.0252. The Hall–Kier alpha value is -3.25. The molecule has 0 spiro atoms. The summed E-state index contributed by atoms with van der Waals surface area (Å²) in [6.45, 7) is 0.354. The predicted molar refractivity (Wildman–Crippen MR) is 116 cm³/mol. The molecule has 146 valence electrons. The van der Waals surface area contributed by atoms with Crippen molar-refractivity contribution in [1.82, 2.24) is 15.3 Å². The van der Waals surface area contributed by atoms with Gasteiger partial charge in [0.15, 0.2) is 0 Å². The van der Waals surface area contributed by atoms with E-state index >= 15 is 0 Å². The van der Waals surface area contributed by atoms with Crippen LogP contribution < -0.4 is 10.1 Å². The molecule has 0 aliphatic carbocycles. The quantitative estimate of drug-likeness (QED) is 0.489. The molecule has 2 heterocycles. The molecule has 0 aliphatic heterocycles. The van der Waals surface area contributed by atoms with E-state index < -0.39 is 0 Å². The zero-order valence-electron chi connectivity index (χ0n) is 16.1. The van der Waals surface area contributed by atoms with E-state index in [0.29, 0.717) is 19.4 Å². The highest BCUT2D eigenvalue weighted by Crippen LogP contribution is 2.29. The van der Waals surface area contributed by atoms with Crippen molar-refractivity contribution in [3.05, 3.63) is 77.6 Å². The number of ether oxygens (including phenoxy) is 1. The molecule has 0 fully saturated rings. The van der Waals surface area contributed by atoms with E-state index in [0.717, 1.165) is 38.4 Å². The van der Waals surface area contributed by atoms with Gasteiger partial charge in [-0.05, 0) is 34.7 Å². The van der Waals surface area contributed by atoms with Crippen LogP contribution in [0.25, 0.3) is 21.3 Å². The minimum atomic E-state index is -0.0252. The molecule has 1 N–H and O–H groups in total. The average Bonchev–Trinajstić information content (AvgIpc) is 3.31. The maximum absolute atomic E-state index is 12.5. The van der Waals surface area contributed by atoms with Gasteiger partial charge in [0.2, 0.25) is 5.91 Å². The second-order valence-corrected chi connectivity index (χ2v) is 7.52. The highest BCUT2D eigenvalue weighted by molar-refractivity contribution is 7.13. The van der Waals surface area contributed by atoms with Gasteiger partial charge >= 0.3 is 0 Å². The van der Waals surface area contributed by atoms with Gasteiger partial charge in [0.05, 0.1) is 24.2 Å². The molecule has 2 aromatic heterocycles. The van der Waals surface area contributed by atoms with Crippen molar-refractivity contribution in [1.29, 1.82) is 0 Å². The number of aromatic nitrogens is 2. The summed E-state index contributed by atoms with van der Waals surface area (Å²) in [7, 11) is 1.66. The van der Waals surface area contributed by atoms with Crippen LogP contribution >= 0.6 is 11.3 Å². The molecular formula is C23H21N3O2S. The van der Waals surface area contributed by atoms with Crippen molar-refractivity contribution >= 4 is 28.0 Å². The molecule has 0 radical (unpaired) electrons.